The average molecular weight is 637 g/mol. The monoisotopic (exact) mass is 636 g/mol. The zero-order valence-electron chi connectivity index (χ0n) is 27.7. The quantitative estimate of drug-likeness (QED) is 0.183. The van der Waals surface area contributed by atoms with E-state index in [2.05, 4.69) is 183 Å². The summed E-state index contributed by atoms with van der Waals surface area (Å²) in [7, 11) is 0. The van der Waals surface area contributed by atoms with Gasteiger partial charge in [-0.1, -0.05) is 170 Å². The van der Waals surface area contributed by atoms with E-state index < -0.39 is 10.8 Å². The van der Waals surface area contributed by atoms with Gasteiger partial charge in [0.05, 0.1) is 5.41 Å². The molecule has 1 heterocycles. The van der Waals surface area contributed by atoms with E-state index in [0.29, 0.717) is 0 Å². The van der Waals surface area contributed by atoms with Gasteiger partial charge in [0.1, 0.15) is 11.5 Å². The number of hydrogen-bond donors (Lipinski definition) is 0. The molecule has 2 aliphatic carbocycles. The summed E-state index contributed by atoms with van der Waals surface area (Å²) < 4.78 is 7.08. The minimum atomic E-state index is -0.523. The first-order valence-corrected chi connectivity index (χ1v) is 17.5. The number of ether oxygens (including phenoxy) is 1. The predicted molar refractivity (Wildman–Crippen MR) is 204 cm³/mol. The summed E-state index contributed by atoms with van der Waals surface area (Å²) >= 11 is 0. The normalized spacial score (nSPS) is 18.8. The van der Waals surface area contributed by atoms with E-state index in [1.807, 2.05) is 0 Å². The van der Waals surface area contributed by atoms with Crippen LogP contribution in [0.25, 0.3) is 44.2 Å². The molecule has 1 nitrogen and oxygen atoms in total. The van der Waals surface area contributed by atoms with Crippen LogP contribution >= 0.6 is 0 Å². The number of hydrogen-bond acceptors (Lipinski definition) is 1. The Morgan fingerprint density at radius 3 is 1.66 bits per heavy atom. The van der Waals surface area contributed by atoms with Crippen molar-refractivity contribution in [1.29, 1.82) is 0 Å². The minimum Gasteiger partial charge on any atom is -0.456 e. The van der Waals surface area contributed by atoms with E-state index in [-0.39, 0.29) is 0 Å². The van der Waals surface area contributed by atoms with Crippen molar-refractivity contribution in [3.63, 3.8) is 0 Å². The maximum absolute atomic E-state index is 7.08. The molecule has 2 unspecified atom stereocenters. The summed E-state index contributed by atoms with van der Waals surface area (Å²) in [4.78, 5) is 0. The highest BCUT2D eigenvalue weighted by molar-refractivity contribution is 6.08. The van der Waals surface area contributed by atoms with Gasteiger partial charge in [-0.25, -0.2) is 0 Å². The predicted octanol–water partition coefficient (Wildman–Crippen LogP) is 12.3. The molecule has 0 radical (unpaired) electrons. The van der Waals surface area contributed by atoms with Gasteiger partial charge in [-0.3, -0.25) is 0 Å². The third-order valence-electron chi connectivity index (χ3n) is 11.8. The van der Waals surface area contributed by atoms with Gasteiger partial charge < -0.3 is 4.74 Å². The van der Waals surface area contributed by atoms with Crippen LogP contribution < -0.4 is 4.74 Å². The number of benzene rings is 8. The summed E-state index contributed by atoms with van der Waals surface area (Å²) in [5.41, 5.74) is 15.5. The van der Waals surface area contributed by atoms with Crippen molar-refractivity contribution in [2.24, 2.45) is 0 Å². The molecule has 3 aliphatic rings. The Kier molecular flexibility index (Phi) is 5.51. The summed E-state index contributed by atoms with van der Waals surface area (Å²) in [5, 5.41) is 2.61. The molecule has 0 N–H and O–H groups in total. The average Bonchev–Trinajstić information content (AvgIpc) is 3.48. The molecule has 0 bridgehead atoms. The third kappa shape index (κ3) is 3.32. The Morgan fingerprint density at radius 1 is 0.380 bits per heavy atom. The molecule has 0 amide bonds. The van der Waals surface area contributed by atoms with Gasteiger partial charge in [0.15, 0.2) is 0 Å². The lowest BCUT2D eigenvalue weighted by Gasteiger charge is -2.41. The van der Waals surface area contributed by atoms with Crippen molar-refractivity contribution >= 4 is 10.8 Å². The highest BCUT2D eigenvalue weighted by Gasteiger charge is 2.51. The standard InChI is InChI=1S/C49H32O/c1-48(32-17-3-2-4-18-32)41-27-9-10-30-44(41)50-47-38(24-14-29-43(47)48)37-23-13-22-36-34-20-6-8-26-40(34)49(46(36)37)39-25-7-5-19-33(39)35-21-11-15-31-16-12-28-42(49)45(31)35/h2-30H,1H3. The Labute approximate surface area is 292 Å². The van der Waals surface area contributed by atoms with Crippen LogP contribution in [0.5, 0.6) is 11.5 Å². The van der Waals surface area contributed by atoms with E-state index in [1.54, 1.807) is 0 Å². The smallest absolute Gasteiger partial charge is 0.139 e. The third-order valence-corrected chi connectivity index (χ3v) is 11.8. The van der Waals surface area contributed by atoms with Gasteiger partial charge in [-0.2, -0.15) is 0 Å². The summed E-state index contributed by atoms with van der Waals surface area (Å²) in [5.74, 6) is 1.84. The molecule has 1 heteroatoms. The topological polar surface area (TPSA) is 9.23 Å². The van der Waals surface area contributed by atoms with Crippen LogP contribution in [0.4, 0.5) is 0 Å². The van der Waals surface area contributed by atoms with E-state index in [1.165, 1.54) is 77.5 Å². The summed E-state index contributed by atoms with van der Waals surface area (Å²) in [6.45, 7) is 2.36. The maximum atomic E-state index is 7.08. The highest BCUT2D eigenvalue weighted by atomic mass is 16.5. The van der Waals surface area contributed by atoms with E-state index in [0.717, 1.165) is 17.1 Å². The molecule has 50 heavy (non-hydrogen) atoms. The van der Waals surface area contributed by atoms with Crippen molar-refractivity contribution < 1.29 is 4.74 Å². The van der Waals surface area contributed by atoms with Gasteiger partial charge >= 0.3 is 0 Å². The maximum Gasteiger partial charge on any atom is 0.139 e. The van der Waals surface area contributed by atoms with Crippen LogP contribution in [0.2, 0.25) is 0 Å². The molecular formula is C49H32O. The lowest BCUT2D eigenvalue weighted by Crippen LogP contribution is -2.32. The van der Waals surface area contributed by atoms with Crippen LogP contribution in [0, 0.1) is 0 Å². The molecular weight excluding hydrogens is 605 g/mol. The second-order valence-corrected chi connectivity index (χ2v) is 14.1. The van der Waals surface area contributed by atoms with Crippen molar-refractivity contribution in [3.8, 4) is 44.9 Å². The summed E-state index contributed by atoms with van der Waals surface area (Å²) in [6, 6.07) is 64.9. The van der Waals surface area contributed by atoms with Gasteiger partial charge in [0.2, 0.25) is 0 Å². The van der Waals surface area contributed by atoms with Crippen molar-refractivity contribution in [1.82, 2.24) is 0 Å². The Balaban J connectivity index is 1.28. The Hall–Kier alpha value is -6.18. The molecule has 0 saturated carbocycles. The van der Waals surface area contributed by atoms with Crippen LogP contribution in [0.1, 0.15) is 45.9 Å². The lowest BCUT2D eigenvalue weighted by molar-refractivity contribution is 0.429. The van der Waals surface area contributed by atoms with Crippen molar-refractivity contribution in [2.45, 2.75) is 17.8 Å². The first-order chi connectivity index (χ1) is 24.7. The van der Waals surface area contributed by atoms with Crippen LogP contribution in [0.3, 0.4) is 0 Å². The summed E-state index contributed by atoms with van der Waals surface area (Å²) in [6.07, 6.45) is 0. The SMILES string of the molecule is CC1(c2ccccc2)c2ccccc2Oc2c(-c3cccc4c3C3(c5ccccc5-4)c4ccccc4-c4cccc5cccc3c45)cccc21. The number of fused-ring (bicyclic) bond motifs is 11. The van der Waals surface area contributed by atoms with E-state index in [4.69, 9.17) is 4.74 Å². The van der Waals surface area contributed by atoms with Crippen LogP contribution in [-0.4, -0.2) is 0 Å². The highest BCUT2D eigenvalue weighted by Crippen LogP contribution is 2.64. The van der Waals surface area contributed by atoms with E-state index in [9.17, 15) is 0 Å². The minimum absolute atomic E-state index is 0.401. The Morgan fingerprint density at radius 2 is 0.880 bits per heavy atom. The Bertz CT molecular complexity index is 2700. The van der Waals surface area contributed by atoms with Crippen molar-refractivity contribution in [2.75, 3.05) is 0 Å². The van der Waals surface area contributed by atoms with Gasteiger partial charge in [0.25, 0.3) is 0 Å². The molecule has 0 fully saturated rings. The van der Waals surface area contributed by atoms with Crippen LogP contribution in [0.15, 0.2) is 176 Å². The number of rotatable bonds is 2. The lowest BCUT2D eigenvalue weighted by atomic mass is 9.60. The molecule has 1 spiro atoms. The molecule has 234 valence electrons. The van der Waals surface area contributed by atoms with Gasteiger partial charge in [-0.05, 0) is 79.4 Å². The molecule has 11 rings (SSSR count). The first-order valence-electron chi connectivity index (χ1n) is 17.5. The molecule has 0 aromatic heterocycles. The zero-order valence-corrected chi connectivity index (χ0v) is 27.7. The zero-order chi connectivity index (χ0) is 33.0. The second kappa shape index (κ2) is 9.94. The largest absolute Gasteiger partial charge is 0.456 e. The van der Waals surface area contributed by atoms with Gasteiger partial charge in [-0.15, -0.1) is 0 Å². The number of para-hydroxylation sites is 2. The van der Waals surface area contributed by atoms with Crippen LogP contribution in [-0.2, 0) is 10.8 Å². The fourth-order valence-electron chi connectivity index (χ4n) is 9.77. The first kappa shape index (κ1) is 27.7. The fourth-order valence-corrected chi connectivity index (χ4v) is 9.77. The van der Waals surface area contributed by atoms with Gasteiger partial charge in [0, 0.05) is 22.1 Å². The molecule has 8 aromatic carbocycles. The molecule has 1 aliphatic heterocycles. The molecule has 0 saturated heterocycles. The second-order valence-electron chi connectivity index (χ2n) is 14.1. The fraction of sp³-hybridized carbons (Fsp3) is 0.0612. The molecule has 8 aromatic rings. The van der Waals surface area contributed by atoms with E-state index >= 15 is 0 Å². The molecule has 2 atom stereocenters. The van der Waals surface area contributed by atoms with Crippen molar-refractivity contribution in [3.05, 3.63) is 215 Å².